The highest BCUT2D eigenvalue weighted by molar-refractivity contribution is 6.31. The molecule has 3 aromatic rings. The van der Waals surface area contributed by atoms with Gasteiger partial charge >= 0.3 is 0 Å². The molecule has 0 aliphatic rings. The number of ether oxygens (including phenoxy) is 1. The molecule has 3 rings (SSSR count). The van der Waals surface area contributed by atoms with Crippen molar-refractivity contribution in [1.82, 2.24) is 0 Å². The molecule has 1 atom stereocenters. The van der Waals surface area contributed by atoms with Crippen LogP contribution in [0.25, 0.3) is 10.8 Å². The average Bonchev–Trinajstić information content (AvgIpc) is 2.59. The zero-order chi connectivity index (χ0) is 16.1. The maximum atomic E-state index is 6.10. The first-order valence-electron chi connectivity index (χ1n) is 7.34. The van der Waals surface area contributed by atoms with E-state index in [1.165, 1.54) is 5.39 Å². The summed E-state index contributed by atoms with van der Waals surface area (Å²) in [6.07, 6.45) is 0. The van der Waals surface area contributed by atoms with E-state index in [9.17, 15) is 0 Å². The third-order valence-corrected chi connectivity index (χ3v) is 3.87. The van der Waals surface area contributed by atoms with Crippen molar-refractivity contribution in [2.24, 2.45) is 5.73 Å². The third kappa shape index (κ3) is 3.84. The molecule has 0 saturated heterocycles. The van der Waals surface area contributed by atoms with E-state index in [-0.39, 0.29) is 6.61 Å². The molecule has 3 heteroatoms. The van der Waals surface area contributed by atoms with Crippen molar-refractivity contribution in [1.29, 1.82) is 0 Å². The van der Waals surface area contributed by atoms with E-state index in [1.807, 2.05) is 54.6 Å². The van der Waals surface area contributed by atoms with E-state index in [0.29, 0.717) is 5.02 Å². The van der Waals surface area contributed by atoms with E-state index < -0.39 is 6.04 Å². The largest absolute Gasteiger partial charge is 0.481 e. The predicted octanol–water partition coefficient (Wildman–Crippen LogP) is 4.58. The van der Waals surface area contributed by atoms with Gasteiger partial charge in [0.05, 0.1) is 6.04 Å². The first kappa shape index (κ1) is 15.4. The summed E-state index contributed by atoms with van der Waals surface area (Å²) < 4.78 is 5.67. The Kier molecular flexibility index (Phi) is 4.83. The van der Waals surface area contributed by atoms with Crippen molar-refractivity contribution in [3.05, 3.63) is 77.3 Å². The summed E-state index contributed by atoms with van der Waals surface area (Å²) in [6.45, 7) is 0.288. The quantitative estimate of drug-likeness (QED) is 0.717. The molecule has 0 spiro atoms. The smallest absolute Gasteiger partial charge is 0.149 e. The van der Waals surface area contributed by atoms with Crippen molar-refractivity contribution in [3.63, 3.8) is 0 Å². The van der Waals surface area contributed by atoms with Gasteiger partial charge in [-0.15, -0.1) is 0 Å². The molecule has 23 heavy (non-hydrogen) atoms. The van der Waals surface area contributed by atoms with Crippen LogP contribution in [-0.2, 0) is 0 Å². The standard InChI is InChI=1S/C20H16ClNO/c21-19-9-4-3-8-18(19)20(22)10-5-13-23-17-12-11-15-6-1-2-7-16(15)14-17/h1-4,6-9,11-12,14,20H,13,22H2. The fraction of sp³-hybridized carbons (Fsp3) is 0.100. The molecule has 0 amide bonds. The van der Waals surface area contributed by atoms with Crippen molar-refractivity contribution in [3.8, 4) is 17.6 Å². The van der Waals surface area contributed by atoms with Crippen LogP contribution in [0.5, 0.6) is 5.75 Å². The Balaban J connectivity index is 1.64. The number of rotatable bonds is 3. The zero-order valence-electron chi connectivity index (χ0n) is 12.5. The lowest BCUT2D eigenvalue weighted by molar-refractivity contribution is 0.370. The topological polar surface area (TPSA) is 35.2 Å². The Morgan fingerprint density at radius 2 is 1.70 bits per heavy atom. The minimum Gasteiger partial charge on any atom is -0.481 e. The van der Waals surface area contributed by atoms with Gasteiger partial charge < -0.3 is 10.5 Å². The Bertz CT molecular complexity index is 879. The van der Waals surface area contributed by atoms with Gasteiger partial charge in [0.25, 0.3) is 0 Å². The predicted molar refractivity (Wildman–Crippen MR) is 95.6 cm³/mol. The summed E-state index contributed by atoms with van der Waals surface area (Å²) in [5.41, 5.74) is 6.86. The van der Waals surface area contributed by atoms with E-state index in [0.717, 1.165) is 16.7 Å². The van der Waals surface area contributed by atoms with Gasteiger partial charge in [0.2, 0.25) is 0 Å². The lowest BCUT2D eigenvalue weighted by Gasteiger charge is -2.07. The minimum absolute atomic E-state index is 0.288. The molecule has 0 fully saturated rings. The second-order valence-corrected chi connectivity index (χ2v) is 5.53. The second kappa shape index (κ2) is 7.19. The number of nitrogens with two attached hydrogens (primary N) is 1. The Labute approximate surface area is 140 Å². The molecule has 0 bridgehead atoms. The summed E-state index contributed by atoms with van der Waals surface area (Å²) in [5.74, 6) is 6.71. The normalized spacial score (nSPS) is 11.6. The van der Waals surface area contributed by atoms with E-state index in [2.05, 4.69) is 24.0 Å². The Morgan fingerprint density at radius 1 is 0.957 bits per heavy atom. The van der Waals surface area contributed by atoms with Crippen molar-refractivity contribution in [2.75, 3.05) is 6.61 Å². The molecule has 0 radical (unpaired) electrons. The van der Waals surface area contributed by atoms with Crippen LogP contribution in [0.4, 0.5) is 0 Å². The molecular formula is C20H16ClNO. The highest BCUT2D eigenvalue weighted by Gasteiger charge is 2.05. The first-order chi connectivity index (χ1) is 11.2. The summed E-state index contributed by atoms with van der Waals surface area (Å²) in [7, 11) is 0. The van der Waals surface area contributed by atoms with Gasteiger partial charge in [-0.1, -0.05) is 72.0 Å². The molecule has 2 N–H and O–H groups in total. The highest BCUT2D eigenvalue weighted by Crippen LogP contribution is 2.21. The van der Waals surface area contributed by atoms with Gasteiger partial charge in [0, 0.05) is 5.02 Å². The number of hydrogen-bond acceptors (Lipinski definition) is 2. The summed E-state index contributed by atoms with van der Waals surface area (Å²) in [6, 6.07) is 21.2. The molecule has 0 aliphatic heterocycles. The molecular weight excluding hydrogens is 306 g/mol. The van der Waals surface area contributed by atoms with Crippen LogP contribution in [0.15, 0.2) is 66.7 Å². The summed E-state index contributed by atoms with van der Waals surface area (Å²) in [4.78, 5) is 0. The van der Waals surface area contributed by atoms with Crippen LogP contribution in [0.1, 0.15) is 11.6 Å². The SMILES string of the molecule is NC(C#CCOc1ccc2ccccc2c1)c1ccccc1Cl. The van der Waals surface area contributed by atoms with Gasteiger partial charge in [0.1, 0.15) is 12.4 Å². The molecule has 0 aliphatic carbocycles. The lowest BCUT2D eigenvalue weighted by atomic mass is 10.1. The van der Waals surface area contributed by atoms with E-state index in [4.69, 9.17) is 22.1 Å². The van der Waals surface area contributed by atoms with Crippen molar-refractivity contribution in [2.45, 2.75) is 6.04 Å². The Hall–Kier alpha value is -2.47. The van der Waals surface area contributed by atoms with Crippen LogP contribution < -0.4 is 10.5 Å². The summed E-state index contributed by atoms with van der Waals surface area (Å²) >= 11 is 6.10. The summed E-state index contributed by atoms with van der Waals surface area (Å²) in [5, 5.41) is 2.96. The maximum absolute atomic E-state index is 6.10. The molecule has 0 heterocycles. The third-order valence-electron chi connectivity index (χ3n) is 3.53. The maximum Gasteiger partial charge on any atom is 0.149 e. The van der Waals surface area contributed by atoms with Crippen molar-refractivity contribution >= 4 is 22.4 Å². The molecule has 2 nitrogen and oxygen atoms in total. The molecule has 3 aromatic carbocycles. The number of benzene rings is 3. The van der Waals surface area contributed by atoms with Gasteiger partial charge in [-0.3, -0.25) is 0 Å². The van der Waals surface area contributed by atoms with Crippen LogP contribution in [-0.4, -0.2) is 6.61 Å². The van der Waals surface area contributed by atoms with E-state index >= 15 is 0 Å². The van der Waals surface area contributed by atoms with Gasteiger partial charge in [-0.05, 0) is 34.5 Å². The first-order valence-corrected chi connectivity index (χ1v) is 7.72. The van der Waals surface area contributed by atoms with Crippen LogP contribution >= 0.6 is 11.6 Å². The molecule has 0 aromatic heterocycles. The van der Waals surface area contributed by atoms with Gasteiger partial charge in [0.15, 0.2) is 0 Å². The van der Waals surface area contributed by atoms with Crippen LogP contribution in [0, 0.1) is 11.8 Å². The van der Waals surface area contributed by atoms with E-state index in [1.54, 1.807) is 0 Å². The number of halogens is 1. The van der Waals surface area contributed by atoms with Crippen LogP contribution in [0.2, 0.25) is 5.02 Å². The van der Waals surface area contributed by atoms with Crippen LogP contribution in [0.3, 0.4) is 0 Å². The second-order valence-electron chi connectivity index (χ2n) is 5.12. The average molecular weight is 322 g/mol. The van der Waals surface area contributed by atoms with Crippen molar-refractivity contribution < 1.29 is 4.74 Å². The number of hydrogen-bond donors (Lipinski definition) is 1. The fourth-order valence-corrected chi connectivity index (χ4v) is 2.59. The van der Waals surface area contributed by atoms with Gasteiger partial charge in [-0.25, -0.2) is 0 Å². The highest BCUT2D eigenvalue weighted by atomic mass is 35.5. The molecule has 0 saturated carbocycles. The molecule has 114 valence electrons. The molecule has 1 unspecified atom stereocenters. The minimum atomic E-state index is -0.413. The van der Waals surface area contributed by atoms with Gasteiger partial charge in [-0.2, -0.15) is 0 Å². The Morgan fingerprint density at radius 3 is 2.52 bits per heavy atom. The monoisotopic (exact) mass is 321 g/mol. The fourth-order valence-electron chi connectivity index (χ4n) is 2.33. The zero-order valence-corrected chi connectivity index (χ0v) is 13.3. The number of fused-ring (bicyclic) bond motifs is 1. The lowest BCUT2D eigenvalue weighted by Crippen LogP contribution is -2.08.